The fourth-order valence-corrected chi connectivity index (χ4v) is 1.66. The number of hydrogen-bond donors (Lipinski definition) is 1. The molecular weight excluding hydrogens is 176 g/mol. The Hall–Kier alpha value is -1.01. The van der Waals surface area contributed by atoms with E-state index in [1.54, 1.807) is 0 Å². The van der Waals surface area contributed by atoms with Crippen LogP contribution in [-0.4, -0.2) is 36.0 Å². The molecule has 1 rings (SSSR count). The second-order valence-corrected chi connectivity index (χ2v) is 4.15. The molecular formula is C11H18N2O. The maximum Gasteiger partial charge on any atom is 0.242 e. The third-order valence-corrected chi connectivity index (χ3v) is 2.52. The third kappa shape index (κ3) is 2.49. The highest BCUT2D eigenvalue weighted by Gasteiger charge is 2.34. The predicted octanol–water partition coefficient (Wildman–Crippen LogP) is 0.610. The van der Waals surface area contributed by atoms with Crippen LogP contribution in [0, 0.1) is 12.3 Å². The maximum absolute atomic E-state index is 11.9. The summed E-state index contributed by atoms with van der Waals surface area (Å²) in [7, 11) is 0. The molecule has 0 radical (unpaired) electrons. The van der Waals surface area contributed by atoms with Crippen molar-refractivity contribution < 1.29 is 4.79 Å². The van der Waals surface area contributed by atoms with Gasteiger partial charge in [0.1, 0.15) is 0 Å². The van der Waals surface area contributed by atoms with Crippen molar-refractivity contribution in [3.05, 3.63) is 0 Å². The molecule has 78 valence electrons. The number of nitrogens with one attached hydrogen (secondary N) is 1. The van der Waals surface area contributed by atoms with E-state index in [9.17, 15) is 4.79 Å². The standard InChI is InChI=1S/C11H18N2O/c1-4-5-6-8-13-9-7-12-11(2,3)10(13)14/h1,12H,5-9H2,2-3H3. The minimum absolute atomic E-state index is 0.181. The monoisotopic (exact) mass is 194 g/mol. The first-order chi connectivity index (χ1) is 6.58. The summed E-state index contributed by atoms with van der Waals surface area (Å²) in [4.78, 5) is 13.7. The molecule has 0 aromatic heterocycles. The SMILES string of the molecule is C#CCCCN1CCNC(C)(C)C1=O. The molecule has 1 aliphatic rings. The van der Waals surface area contributed by atoms with Crippen molar-refractivity contribution in [2.24, 2.45) is 0 Å². The van der Waals surface area contributed by atoms with E-state index in [1.807, 2.05) is 18.7 Å². The lowest BCUT2D eigenvalue weighted by Gasteiger charge is -2.38. The van der Waals surface area contributed by atoms with Crippen molar-refractivity contribution in [1.82, 2.24) is 10.2 Å². The molecule has 0 atom stereocenters. The van der Waals surface area contributed by atoms with Gasteiger partial charge in [-0.2, -0.15) is 0 Å². The zero-order valence-electron chi connectivity index (χ0n) is 8.97. The summed E-state index contributed by atoms with van der Waals surface area (Å²) in [6, 6.07) is 0. The Morgan fingerprint density at radius 1 is 1.64 bits per heavy atom. The van der Waals surface area contributed by atoms with Crippen LogP contribution in [0.1, 0.15) is 26.7 Å². The zero-order chi connectivity index (χ0) is 10.6. The van der Waals surface area contributed by atoms with Crippen molar-refractivity contribution >= 4 is 5.91 Å². The number of terminal acetylenes is 1. The maximum atomic E-state index is 11.9. The summed E-state index contributed by atoms with van der Waals surface area (Å²) in [5.41, 5.74) is -0.408. The summed E-state index contributed by atoms with van der Waals surface area (Å²) in [5, 5.41) is 3.20. The second kappa shape index (κ2) is 4.47. The number of piperazine rings is 1. The quantitative estimate of drug-likeness (QED) is 0.527. The number of amides is 1. The van der Waals surface area contributed by atoms with Gasteiger partial charge in [0.05, 0.1) is 5.54 Å². The van der Waals surface area contributed by atoms with E-state index in [0.29, 0.717) is 0 Å². The van der Waals surface area contributed by atoms with Gasteiger partial charge in [0.15, 0.2) is 0 Å². The van der Waals surface area contributed by atoms with Crippen LogP contribution in [0.15, 0.2) is 0 Å². The van der Waals surface area contributed by atoms with E-state index in [-0.39, 0.29) is 5.91 Å². The van der Waals surface area contributed by atoms with E-state index in [4.69, 9.17) is 6.42 Å². The molecule has 0 aromatic carbocycles. The minimum atomic E-state index is -0.408. The van der Waals surface area contributed by atoms with Crippen LogP contribution >= 0.6 is 0 Å². The Morgan fingerprint density at radius 3 is 3.00 bits per heavy atom. The Balaban J connectivity index is 2.46. The molecule has 1 aliphatic heterocycles. The van der Waals surface area contributed by atoms with Gasteiger partial charge in [-0.3, -0.25) is 4.79 Å². The summed E-state index contributed by atoms with van der Waals surface area (Å²) in [6.45, 7) is 6.29. The lowest BCUT2D eigenvalue weighted by atomic mass is 10.0. The number of nitrogens with zero attached hydrogens (tertiary/aromatic N) is 1. The lowest BCUT2D eigenvalue weighted by molar-refractivity contribution is -0.139. The molecule has 0 bridgehead atoms. The fraction of sp³-hybridized carbons (Fsp3) is 0.727. The second-order valence-electron chi connectivity index (χ2n) is 4.15. The summed E-state index contributed by atoms with van der Waals surface area (Å²) in [6.07, 6.45) is 6.82. The molecule has 3 nitrogen and oxygen atoms in total. The molecule has 0 aromatic rings. The van der Waals surface area contributed by atoms with Crippen LogP contribution in [0.5, 0.6) is 0 Å². The molecule has 1 N–H and O–H groups in total. The van der Waals surface area contributed by atoms with Gasteiger partial charge >= 0.3 is 0 Å². The highest BCUT2D eigenvalue weighted by molar-refractivity contribution is 5.86. The Morgan fingerprint density at radius 2 is 2.36 bits per heavy atom. The summed E-state index contributed by atoms with van der Waals surface area (Å²) < 4.78 is 0. The van der Waals surface area contributed by atoms with Crippen LogP contribution in [0.3, 0.4) is 0 Å². The van der Waals surface area contributed by atoms with Crippen LogP contribution in [-0.2, 0) is 4.79 Å². The smallest absolute Gasteiger partial charge is 0.242 e. The first-order valence-electron chi connectivity index (χ1n) is 5.06. The topological polar surface area (TPSA) is 32.3 Å². The number of hydrogen-bond acceptors (Lipinski definition) is 2. The zero-order valence-corrected chi connectivity index (χ0v) is 8.97. The van der Waals surface area contributed by atoms with Crippen molar-refractivity contribution in [2.45, 2.75) is 32.2 Å². The first kappa shape index (κ1) is 11.1. The normalized spacial score (nSPS) is 20.6. The van der Waals surface area contributed by atoms with E-state index in [2.05, 4.69) is 11.2 Å². The minimum Gasteiger partial charge on any atom is -0.340 e. The molecule has 1 amide bonds. The van der Waals surface area contributed by atoms with Crippen molar-refractivity contribution in [3.8, 4) is 12.3 Å². The third-order valence-electron chi connectivity index (χ3n) is 2.52. The molecule has 0 unspecified atom stereocenters. The Labute approximate surface area is 85.9 Å². The average molecular weight is 194 g/mol. The molecule has 14 heavy (non-hydrogen) atoms. The largest absolute Gasteiger partial charge is 0.340 e. The van der Waals surface area contributed by atoms with Crippen molar-refractivity contribution in [2.75, 3.05) is 19.6 Å². The number of carbonyl (C=O) groups is 1. The molecule has 0 spiro atoms. The van der Waals surface area contributed by atoms with E-state index in [0.717, 1.165) is 32.5 Å². The fourth-order valence-electron chi connectivity index (χ4n) is 1.66. The molecule has 3 heteroatoms. The number of carbonyl (C=O) groups excluding carboxylic acids is 1. The van der Waals surface area contributed by atoms with E-state index < -0.39 is 5.54 Å². The molecule has 0 aliphatic carbocycles. The van der Waals surface area contributed by atoms with Gasteiger partial charge < -0.3 is 10.2 Å². The first-order valence-corrected chi connectivity index (χ1v) is 5.06. The van der Waals surface area contributed by atoms with E-state index in [1.165, 1.54) is 0 Å². The Bertz CT molecular complexity index is 253. The molecule has 1 heterocycles. The van der Waals surface area contributed by atoms with E-state index >= 15 is 0 Å². The Kier molecular flexibility index (Phi) is 3.54. The van der Waals surface area contributed by atoms with Gasteiger partial charge in [0.25, 0.3) is 0 Å². The number of rotatable bonds is 3. The average Bonchev–Trinajstić information content (AvgIpc) is 2.13. The number of unbranched alkanes of at least 4 members (excludes halogenated alkanes) is 1. The molecule has 0 saturated carbocycles. The van der Waals surface area contributed by atoms with Gasteiger partial charge in [-0.15, -0.1) is 12.3 Å². The van der Waals surface area contributed by atoms with Crippen LogP contribution in [0.4, 0.5) is 0 Å². The predicted molar refractivity (Wildman–Crippen MR) is 56.7 cm³/mol. The highest BCUT2D eigenvalue weighted by atomic mass is 16.2. The van der Waals surface area contributed by atoms with Crippen molar-refractivity contribution in [3.63, 3.8) is 0 Å². The van der Waals surface area contributed by atoms with Gasteiger partial charge in [-0.05, 0) is 20.3 Å². The van der Waals surface area contributed by atoms with Crippen LogP contribution in [0.2, 0.25) is 0 Å². The van der Waals surface area contributed by atoms with Crippen molar-refractivity contribution in [1.29, 1.82) is 0 Å². The molecule has 1 saturated heterocycles. The summed E-state index contributed by atoms with van der Waals surface area (Å²) >= 11 is 0. The lowest BCUT2D eigenvalue weighted by Crippen LogP contribution is -2.61. The van der Waals surface area contributed by atoms with Gasteiger partial charge in [0, 0.05) is 26.1 Å². The van der Waals surface area contributed by atoms with Gasteiger partial charge in [-0.25, -0.2) is 0 Å². The molecule has 1 fully saturated rings. The van der Waals surface area contributed by atoms with Gasteiger partial charge in [-0.1, -0.05) is 0 Å². The highest BCUT2D eigenvalue weighted by Crippen LogP contribution is 2.12. The van der Waals surface area contributed by atoms with Crippen LogP contribution in [0.25, 0.3) is 0 Å². The van der Waals surface area contributed by atoms with Gasteiger partial charge in [0.2, 0.25) is 5.91 Å². The summed E-state index contributed by atoms with van der Waals surface area (Å²) in [5.74, 6) is 2.77. The van der Waals surface area contributed by atoms with Crippen LogP contribution < -0.4 is 5.32 Å².